The second kappa shape index (κ2) is 6.03. The van der Waals surface area contributed by atoms with Crippen molar-refractivity contribution in [1.82, 2.24) is 19.6 Å². The van der Waals surface area contributed by atoms with Crippen LogP contribution >= 0.6 is 11.3 Å². The molecule has 0 spiro atoms. The van der Waals surface area contributed by atoms with Crippen molar-refractivity contribution in [1.29, 1.82) is 0 Å². The first-order chi connectivity index (χ1) is 12.7. The number of likely N-dealkylation sites (N-methyl/N-ethyl adjacent to an activating group) is 1. The molecule has 6 nitrogen and oxygen atoms in total. The Balaban J connectivity index is 1.64. The Morgan fingerprint density at radius 3 is 2.92 bits per heavy atom. The van der Waals surface area contributed by atoms with Crippen molar-refractivity contribution >= 4 is 27.2 Å². The molecule has 0 saturated carbocycles. The van der Waals surface area contributed by atoms with E-state index in [1.165, 1.54) is 15.8 Å². The van der Waals surface area contributed by atoms with Gasteiger partial charge in [0.1, 0.15) is 23.5 Å². The summed E-state index contributed by atoms with van der Waals surface area (Å²) in [6, 6.07) is 7.93. The molecular formula is C19H20N5OS+. The van der Waals surface area contributed by atoms with Crippen LogP contribution in [0.5, 0.6) is 5.75 Å². The van der Waals surface area contributed by atoms with E-state index in [0.29, 0.717) is 6.61 Å². The third-order valence-electron chi connectivity index (χ3n) is 4.90. The molecule has 4 heterocycles. The maximum Gasteiger partial charge on any atom is 0.182 e. The van der Waals surface area contributed by atoms with E-state index in [1.807, 2.05) is 35.7 Å². The van der Waals surface area contributed by atoms with E-state index in [-0.39, 0.29) is 0 Å². The van der Waals surface area contributed by atoms with Crippen molar-refractivity contribution in [3.05, 3.63) is 41.0 Å². The number of hydrogen-bond acceptors (Lipinski definition) is 5. The van der Waals surface area contributed by atoms with Gasteiger partial charge in [-0.15, -0.1) is 16.4 Å². The van der Waals surface area contributed by atoms with Crippen LogP contribution in [0.2, 0.25) is 0 Å². The SMILES string of the molecule is CCOc1ccc(-c2nc3c4c5c(sc4ncn3n2)C[NH+](C)CC5)cc1. The standard InChI is InChI=1S/C19H19N5OS/c1-3-25-13-6-4-12(5-7-13)17-21-18-16-14-8-9-23(2)10-15(14)26-19(16)20-11-24(18)22-17/h4-7,11H,3,8-10H2,1-2H3/p+1. The fourth-order valence-corrected chi connectivity index (χ4v) is 4.89. The minimum Gasteiger partial charge on any atom is -0.494 e. The molecule has 26 heavy (non-hydrogen) atoms. The molecule has 132 valence electrons. The fourth-order valence-electron chi connectivity index (χ4n) is 3.60. The lowest BCUT2D eigenvalue weighted by Gasteiger charge is -2.19. The summed E-state index contributed by atoms with van der Waals surface area (Å²) in [6.07, 6.45) is 2.86. The summed E-state index contributed by atoms with van der Waals surface area (Å²) in [4.78, 5) is 13.6. The van der Waals surface area contributed by atoms with Crippen molar-refractivity contribution in [3.8, 4) is 17.1 Å². The number of quaternary nitrogens is 1. The molecule has 1 unspecified atom stereocenters. The van der Waals surface area contributed by atoms with Crippen LogP contribution in [0.25, 0.3) is 27.3 Å². The molecular weight excluding hydrogens is 346 g/mol. The number of benzene rings is 1. The van der Waals surface area contributed by atoms with Crippen LogP contribution in [0.1, 0.15) is 17.4 Å². The van der Waals surface area contributed by atoms with Gasteiger partial charge in [0, 0.05) is 12.0 Å². The van der Waals surface area contributed by atoms with Crippen molar-refractivity contribution in [2.24, 2.45) is 0 Å². The highest BCUT2D eigenvalue weighted by Gasteiger charge is 2.24. The van der Waals surface area contributed by atoms with Crippen molar-refractivity contribution in [3.63, 3.8) is 0 Å². The maximum atomic E-state index is 5.52. The molecule has 0 aliphatic carbocycles. The lowest BCUT2D eigenvalue weighted by atomic mass is 10.1. The molecule has 7 heteroatoms. The first kappa shape index (κ1) is 15.7. The minimum absolute atomic E-state index is 0.662. The number of ether oxygens (including phenoxy) is 1. The van der Waals surface area contributed by atoms with Gasteiger partial charge in [-0.3, -0.25) is 0 Å². The smallest absolute Gasteiger partial charge is 0.182 e. The first-order valence-electron chi connectivity index (χ1n) is 8.93. The van der Waals surface area contributed by atoms with E-state index in [0.717, 1.165) is 47.1 Å². The van der Waals surface area contributed by atoms with E-state index in [2.05, 4.69) is 17.1 Å². The summed E-state index contributed by atoms with van der Waals surface area (Å²) in [5, 5.41) is 5.84. The van der Waals surface area contributed by atoms with Gasteiger partial charge < -0.3 is 9.64 Å². The zero-order chi connectivity index (χ0) is 17.7. The molecule has 0 radical (unpaired) electrons. The Morgan fingerprint density at radius 2 is 2.12 bits per heavy atom. The van der Waals surface area contributed by atoms with Gasteiger partial charge in [0.2, 0.25) is 0 Å². The largest absolute Gasteiger partial charge is 0.494 e. The Morgan fingerprint density at radius 1 is 1.27 bits per heavy atom. The molecule has 1 aliphatic rings. The van der Waals surface area contributed by atoms with Gasteiger partial charge in [-0.1, -0.05) is 0 Å². The Bertz CT molecular complexity index is 1100. The van der Waals surface area contributed by atoms with Crippen LogP contribution in [-0.2, 0) is 13.0 Å². The molecule has 1 atom stereocenters. The normalized spacial score (nSPS) is 16.9. The highest BCUT2D eigenvalue weighted by atomic mass is 32.1. The fraction of sp³-hybridized carbons (Fsp3) is 0.316. The van der Waals surface area contributed by atoms with Gasteiger partial charge in [0.05, 0.1) is 30.5 Å². The van der Waals surface area contributed by atoms with Gasteiger partial charge in [-0.05, 0) is 36.8 Å². The summed E-state index contributed by atoms with van der Waals surface area (Å²) in [5.74, 6) is 1.59. The van der Waals surface area contributed by atoms with Crippen LogP contribution in [0.15, 0.2) is 30.6 Å². The Labute approximate surface area is 155 Å². The minimum atomic E-state index is 0.662. The van der Waals surface area contributed by atoms with Gasteiger partial charge >= 0.3 is 0 Å². The number of thiophene rings is 1. The molecule has 0 bridgehead atoms. The van der Waals surface area contributed by atoms with E-state index < -0.39 is 0 Å². The van der Waals surface area contributed by atoms with Crippen LogP contribution in [0.4, 0.5) is 0 Å². The number of aromatic nitrogens is 4. The zero-order valence-electron chi connectivity index (χ0n) is 14.8. The zero-order valence-corrected chi connectivity index (χ0v) is 15.6. The second-order valence-electron chi connectivity index (χ2n) is 6.72. The maximum absolute atomic E-state index is 5.52. The number of hydrogen-bond donors (Lipinski definition) is 1. The van der Waals surface area contributed by atoms with Crippen molar-refractivity contribution in [2.45, 2.75) is 19.9 Å². The summed E-state index contributed by atoms with van der Waals surface area (Å²) in [7, 11) is 2.25. The first-order valence-corrected chi connectivity index (χ1v) is 9.74. The van der Waals surface area contributed by atoms with Crippen LogP contribution < -0.4 is 9.64 Å². The van der Waals surface area contributed by atoms with Crippen molar-refractivity contribution in [2.75, 3.05) is 20.2 Å². The van der Waals surface area contributed by atoms with Crippen LogP contribution in [0, 0.1) is 0 Å². The van der Waals surface area contributed by atoms with E-state index in [4.69, 9.17) is 9.72 Å². The Kier molecular flexibility index (Phi) is 3.65. The average molecular weight is 366 g/mol. The highest BCUT2D eigenvalue weighted by molar-refractivity contribution is 7.19. The molecule has 1 aliphatic heterocycles. The number of nitrogens with zero attached hydrogens (tertiary/aromatic N) is 4. The lowest BCUT2D eigenvalue weighted by Crippen LogP contribution is -3.08. The molecule has 0 amide bonds. The van der Waals surface area contributed by atoms with E-state index in [9.17, 15) is 0 Å². The van der Waals surface area contributed by atoms with Crippen LogP contribution in [-0.4, -0.2) is 39.8 Å². The molecule has 5 rings (SSSR count). The summed E-state index contributed by atoms with van der Waals surface area (Å²) < 4.78 is 7.33. The summed E-state index contributed by atoms with van der Waals surface area (Å²) in [6.45, 7) is 4.87. The quantitative estimate of drug-likeness (QED) is 0.602. The summed E-state index contributed by atoms with van der Waals surface area (Å²) >= 11 is 1.80. The number of nitrogens with one attached hydrogen (secondary N) is 1. The van der Waals surface area contributed by atoms with Crippen molar-refractivity contribution < 1.29 is 9.64 Å². The molecule has 4 aromatic rings. The predicted octanol–water partition coefficient (Wildman–Crippen LogP) is 1.98. The van der Waals surface area contributed by atoms with E-state index in [1.54, 1.807) is 22.6 Å². The molecule has 1 N–H and O–H groups in total. The van der Waals surface area contributed by atoms with Gasteiger partial charge in [-0.2, -0.15) is 0 Å². The van der Waals surface area contributed by atoms with Gasteiger partial charge in [0.15, 0.2) is 11.5 Å². The average Bonchev–Trinajstić information content (AvgIpc) is 3.22. The van der Waals surface area contributed by atoms with Gasteiger partial charge in [0.25, 0.3) is 0 Å². The summed E-state index contributed by atoms with van der Waals surface area (Å²) in [5.41, 5.74) is 3.31. The van der Waals surface area contributed by atoms with Gasteiger partial charge in [-0.25, -0.2) is 14.5 Å². The third kappa shape index (κ3) is 2.47. The molecule has 0 fully saturated rings. The lowest BCUT2D eigenvalue weighted by molar-refractivity contribution is -0.895. The number of rotatable bonds is 3. The highest BCUT2D eigenvalue weighted by Crippen LogP contribution is 2.34. The monoisotopic (exact) mass is 366 g/mol. The molecule has 1 aromatic carbocycles. The van der Waals surface area contributed by atoms with E-state index >= 15 is 0 Å². The molecule has 0 saturated heterocycles. The molecule has 3 aromatic heterocycles. The Hall–Kier alpha value is -2.51. The number of fused-ring (bicyclic) bond motifs is 5. The third-order valence-corrected chi connectivity index (χ3v) is 6.04. The predicted molar refractivity (Wildman–Crippen MR) is 102 cm³/mol. The van der Waals surface area contributed by atoms with Crippen LogP contribution in [0.3, 0.4) is 0 Å². The second-order valence-corrected chi connectivity index (χ2v) is 7.81. The topological polar surface area (TPSA) is 56.8 Å².